The number of nitrogens with one attached hydrogen (secondary N) is 1. The minimum atomic E-state index is -0.435. The van der Waals surface area contributed by atoms with Gasteiger partial charge in [0.2, 0.25) is 0 Å². The Morgan fingerprint density at radius 1 is 1.22 bits per heavy atom. The van der Waals surface area contributed by atoms with Crippen LogP contribution in [-0.4, -0.2) is 18.2 Å². The normalized spacial score (nSPS) is 16.7. The summed E-state index contributed by atoms with van der Waals surface area (Å²) in [4.78, 5) is 14.2. The summed E-state index contributed by atoms with van der Waals surface area (Å²) in [5.74, 6) is -0.252. The summed E-state index contributed by atoms with van der Waals surface area (Å²) in [6, 6.07) is 13.6. The van der Waals surface area contributed by atoms with Crippen molar-refractivity contribution in [3.05, 3.63) is 71.3 Å². The van der Waals surface area contributed by atoms with Gasteiger partial charge < -0.3 is 9.32 Å². The van der Waals surface area contributed by atoms with Crippen molar-refractivity contribution in [2.45, 2.75) is 12.8 Å². The molecule has 0 fully saturated rings. The first-order valence-electron chi connectivity index (χ1n) is 8.38. The monoisotopic (exact) mass is 380 g/mol. The highest BCUT2D eigenvalue weighted by molar-refractivity contribution is 6.07. The van der Waals surface area contributed by atoms with Crippen LogP contribution in [0.3, 0.4) is 0 Å². The maximum atomic E-state index is 12.0. The molecule has 0 atom stereocenters. The largest absolute Gasteiger partial charge is 0.459 e. The molecule has 1 aromatic carbocycles. The number of carbonyl (C=O) groups excluding carboxylic acids is 1. The molecule has 3 heterocycles. The Bertz CT molecular complexity index is 984. The van der Waals surface area contributed by atoms with Gasteiger partial charge in [0.05, 0.1) is 23.2 Å². The molecule has 1 amide bonds. The molecule has 0 radical (unpaired) electrons. The van der Waals surface area contributed by atoms with Gasteiger partial charge in [-0.05, 0) is 42.7 Å². The Kier molecular flexibility index (Phi) is 5.43. The van der Waals surface area contributed by atoms with Crippen LogP contribution in [0, 0.1) is 11.3 Å². The Morgan fingerprint density at radius 2 is 2.07 bits per heavy atom. The van der Waals surface area contributed by atoms with Crippen molar-refractivity contribution in [2.24, 2.45) is 5.10 Å². The molecule has 4 rings (SSSR count). The molecule has 2 aliphatic heterocycles. The summed E-state index contributed by atoms with van der Waals surface area (Å²) < 4.78 is 5.06. The third kappa shape index (κ3) is 3.50. The Morgan fingerprint density at radius 3 is 2.85 bits per heavy atom. The number of nitriles is 1. The lowest BCUT2D eigenvalue weighted by atomic mass is 10.0. The third-order valence-electron chi connectivity index (χ3n) is 4.43. The second kappa shape index (κ2) is 7.94. The van der Waals surface area contributed by atoms with Crippen LogP contribution >= 0.6 is 12.4 Å². The lowest BCUT2D eigenvalue weighted by Gasteiger charge is -2.29. The van der Waals surface area contributed by atoms with Gasteiger partial charge in [-0.2, -0.15) is 10.4 Å². The number of carbonyl (C=O) groups is 1. The number of halogens is 1. The van der Waals surface area contributed by atoms with E-state index < -0.39 is 5.91 Å². The maximum absolute atomic E-state index is 12.0. The summed E-state index contributed by atoms with van der Waals surface area (Å²) in [5.41, 5.74) is 6.57. The highest BCUT2D eigenvalue weighted by Crippen LogP contribution is 2.34. The van der Waals surface area contributed by atoms with E-state index in [0.29, 0.717) is 17.7 Å². The number of anilines is 1. The molecule has 0 spiro atoms. The van der Waals surface area contributed by atoms with Crippen LogP contribution in [0.1, 0.15) is 29.0 Å². The van der Waals surface area contributed by atoms with Crippen LogP contribution in [0.4, 0.5) is 5.69 Å². The van der Waals surface area contributed by atoms with Gasteiger partial charge in [-0.15, -0.1) is 12.4 Å². The van der Waals surface area contributed by atoms with E-state index >= 15 is 0 Å². The number of furan rings is 1. The van der Waals surface area contributed by atoms with Crippen molar-refractivity contribution in [1.82, 2.24) is 5.43 Å². The number of hydrogen-bond donors (Lipinski definition) is 1. The summed E-state index contributed by atoms with van der Waals surface area (Å²) in [6.45, 7) is 0.785. The van der Waals surface area contributed by atoms with E-state index in [1.54, 1.807) is 12.1 Å². The summed E-state index contributed by atoms with van der Waals surface area (Å²) in [6.07, 6.45) is 6.81. The van der Waals surface area contributed by atoms with Gasteiger partial charge >= 0.3 is 5.91 Å². The van der Waals surface area contributed by atoms with Crippen molar-refractivity contribution < 1.29 is 9.21 Å². The molecule has 2 aliphatic rings. The second-order valence-electron chi connectivity index (χ2n) is 6.00. The quantitative estimate of drug-likeness (QED) is 0.801. The molecule has 7 heteroatoms. The van der Waals surface area contributed by atoms with Crippen LogP contribution in [0.15, 0.2) is 69.5 Å². The van der Waals surface area contributed by atoms with E-state index in [1.807, 2.05) is 24.3 Å². The molecule has 136 valence electrons. The van der Waals surface area contributed by atoms with Gasteiger partial charge in [0, 0.05) is 12.2 Å². The predicted molar refractivity (Wildman–Crippen MR) is 106 cm³/mol. The van der Waals surface area contributed by atoms with Crippen molar-refractivity contribution in [2.75, 3.05) is 11.4 Å². The number of hydrogen-bond acceptors (Lipinski definition) is 5. The molecule has 6 nitrogen and oxygen atoms in total. The smallest absolute Gasteiger partial charge is 0.307 e. The van der Waals surface area contributed by atoms with Gasteiger partial charge in [-0.3, -0.25) is 4.79 Å². The third-order valence-corrected chi connectivity index (χ3v) is 4.43. The first-order valence-corrected chi connectivity index (χ1v) is 8.38. The van der Waals surface area contributed by atoms with E-state index in [0.717, 1.165) is 29.9 Å². The van der Waals surface area contributed by atoms with Gasteiger partial charge in [-0.1, -0.05) is 24.3 Å². The Balaban J connectivity index is 0.00000210. The number of allylic oxidation sites excluding steroid dienone is 2. The average Bonchev–Trinajstić information content (AvgIpc) is 3.15. The van der Waals surface area contributed by atoms with Gasteiger partial charge in [0.1, 0.15) is 6.07 Å². The zero-order chi connectivity index (χ0) is 17.9. The van der Waals surface area contributed by atoms with E-state index in [2.05, 4.69) is 33.6 Å². The zero-order valence-corrected chi connectivity index (χ0v) is 15.2. The standard InChI is InChI=1S/C20H16N4O2.ClH/c21-13-15-16(22-23-20(25)19-8-4-12-26-19)6-3-11-24-17-7-2-1-5-14(17)9-10-18(15)24;/h1-2,4-5,7-10,12H,3,6,11H2,(H,23,25);1H. The molecule has 0 bridgehead atoms. The fraction of sp³-hybridized carbons (Fsp3) is 0.150. The molecule has 1 aromatic heterocycles. The van der Waals surface area contributed by atoms with Crippen LogP contribution in [-0.2, 0) is 0 Å². The topological polar surface area (TPSA) is 81.6 Å². The van der Waals surface area contributed by atoms with E-state index in [1.165, 1.54) is 6.26 Å². The minimum absolute atomic E-state index is 0. The molecule has 2 aromatic rings. The molecular formula is C20H17ClN4O2. The first-order chi connectivity index (χ1) is 12.8. The predicted octanol–water partition coefficient (Wildman–Crippen LogP) is 3.89. The molecule has 0 saturated heterocycles. The SMILES string of the molecule is Cl.N#CC1=C2C=Cc3ccccc3N2CCCC1=NNC(=O)c1ccco1. The Labute approximate surface area is 162 Å². The summed E-state index contributed by atoms with van der Waals surface area (Å²) >= 11 is 0. The number of nitrogens with zero attached hydrogens (tertiary/aromatic N) is 3. The highest BCUT2D eigenvalue weighted by atomic mass is 35.5. The number of rotatable bonds is 2. The number of para-hydroxylation sites is 1. The van der Waals surface area contributed by atoms with Crippen molar-refractivity contribution in [3.8, 4) is 6.07 Å². The molecule has 27 heavy (non-hydrogen) atoms. The minimum Gasteiger partial charge on any atom is -0.459 e. The van der Waals surface area contributed by atoms with Gasteiger partial charge in [0.25, 0.3) is 0 Å². The van der Waals surface area contributed by atoms with E-state index in [4.69, 9.17) is 4.42 Å². The van der Waals surface area contributed by atoms with E-state index in [-0.39, 0.29) is 18.2 Å². The molecular weight excluding hydrogens is 364 g/mol. The first kappa shape index (κ1) is 18.5. The van der Waals surface area contributed by atoms with Crippen LogP contribution in [0.2, 0.25) is 0 Å². The highest BCUT2D eigenvalue weighted by Gasteiger charge is 2.26. The number of hydrazone groups is 1. The number of fused-ring (bicyclic) bond motifs is 3. The number of amides is 1. The lowest BCUT2D eigenvalue weighted by Crippen LogP contribution is -2.25. The van der Waals surface area contributed by atoms with Crippen LogP contribution in [0.25, 0.3) is 6.08 Å². The zero-order valence-electron chi connectivity index (χ0n) is 14.4. The second-order valence-corrected chi connectivity index (χ2v) is 6.00. The summed E-state index contributed by atoms with van der Waals surface area (Å²) in [5, 5.41) is 14.0. The van der Waals surface area contributed by atoms with Crippen molar-refractivity contribution in [1.29, 1.82) is 5.26 Å². The molecule has 0 aliphatic carbocycles. The van der Waals surface area contributed by atoms with Gasteiger partial charge in [0.15, 0.2) is 5.76 Å². The van der Waals surface area contributed by atoms with Crippen LogP contribution in [0.5, 0.6) is 0 Å². The average molecular weight is 381 g/mol. The lowest BCUT2D eigenvalue weighted by molar-refractivity contribution is 0.0927. The fourth-order valence-corrected chi connectivity index (χ4v) is 3.21. The molecule has 1 N–H and O–H groups in total. The Hall–Kier alpha value is -3.30. The van der Waals surface area contributed by atoms with Gasteiger partial charge in [-0.25, -0.2) is 5.43 Å². The fourth-order valence-electron chi connectivity index (χ4n) is 3.21. The number of benzene rings is 1. The molecule has 0 unspecified atom stereocenters. The van der Waals surface area contributed by atoms with E-state index in [9.17, 15) is 10.1 Å². The maximum Gasteiger partial charge on any atom is 0.307 e. The van der Waals surface area contributed by atoms with Crippen molar-refractivity contribution >= 4 is 35.8 Å². The molecule has 0 saturated carbocycles. The van der Waals surface area contributed by atoms with Crippen molar-refractivity contribution in [3.63, 3.8) is 0 Å². The van der Waals surface area contributed by atoms with Crippen LogP contribution < -0.4 is 10.3 Å². The summed E-state index contributed by atoms with van der Waals surface area (Å²) in [7, 11) is 0.